The monoisotopic (exact) mass is 448 g/mol. The SMILES string of the molecule is CCOC(=O)[C@H](Cc1ccc(OCCBr)cc1)Oc1ccc(C(C)(C)C)cc1. The molecule has 2 aromatic rings. The van der Waals surface area contributed by atoms with Gasteiger partial charge in [-0.25, -0.2) is 4.79 Å². The maximum absolute atomic E-state index is 12.4. The molecule has 0 spiro atoms. The number of halogens is 1. The van der Waals surface area contributed by atoms with E-state index in [1.807, 2.05) is 48.5 Å². The van der Waals surface area contributed by atoms with E-state index in [9.17, 15) is 4.79 Å². The van der Waals surface area contributed by atoms with Crippen molar-refractivity contribution in [2.75, 3.05) is 18.5 Å². The fourth-order valence-corrected chi connectivity index (χ4v) is 2.86. The van der Waals surface area contributed by atoms with Crippen LogP contribution in [0.15, 0.2) is 48.5 Å². The van der Waals surface area contributed by atoms with E-state index in [1.165, 1.54) is 5.56 Å². The highest BCUT2D eigenvalue weighted by Gasteiger charge is 2.23. The average molecular weight is 449 g/mol. The van der Waals surface area contributed by atoms with Gasteiger partial charge in [-0.1, -0.05) is 61.0 Å². The summed E-state index contributed by atoms with van der Waals surface area (Å²) in [6, 6.07) is 15.6. The molecule has 28 heavy (non-hydrogen) atoms. The van der Waals surface area contributed by atoms with Crippen molar-refractivity contribution in [3.8, 4) is 11.5 Å². The smallest absolute Gasteiger partial charge is 0.347 e. The summed E-state index contributed by atoms with van der Waals surface area (Å²) >= 11 is 3.34. The van der Waals surface area contributed by atoms with Crippen LogP contribution in [0.5, 0.6) is 11.5 Å². The zero-order chi connectivity index (χ0) is 20.6. The van der Waals surface area contributed by atoms with Gasteiger partial charge in [-0.2, -0.15) is 0 Å². The fraction of sp³-hybridized carbons (Fsp3) is 0.435. The summed E-state index contributed by atoms with van der Waals surface area (Å²) < 4.78 is 16.8. The van der Waals surface area contributed by atoms with Crippen molar-refractivity contribution in [3.63, 3.8) is 0 Å². The second-order valence-corrected chi connectivity index (χ2v) is 8.31. The van der Waals surface area contributed by atoms with E-state index in [2.05, 4.69) is 36.7 Å². The molecule has 0 aromatic heterocycles. The Balaban J connectivity index is 2.10. The zero-order valence-electron chi connectivity index (χ0n) is 17.0. The number of ether oxygens (including phenoxy) is 3. The summed E-state index contributed by atoms with van der Waals surface area (Å²) in [6.45, 7) is 9.21. The predicted molar refractivity (Wildman–Crippen MR) is 116 cm³/mol. The van der Waals surface area contributed by atoms with Crippen LogP contribution in [0.3, 0.4) is 0 Å². The van der Waals surface area contributed by atoms with E-state index in [4.69, 9.17) is 14.2 Å². The van der Waals surface area contributed by atoms with Gasteiger partial charge < -0.3 is 14.2 Å². The minimum Gasteiger partial charge on any atom is -0.493 e. The summed E-state index contributed by atoms with van der Waals surface area (Å²) in [5.74, 6) is 1.10. The Kier molecular flexibility index (Phi) is 8.36. The van der Waals surface area contributed by atoms with Crippen LogP contribution in [0.2, 0.25) is 0 Å². The third kappa shape index (κ3) is 6.86. The molecule has 0 amide bonds. The molecule has 0 aliphatic heterocycles. The van der Waals surface area contributed by atoms with E-state index < -0.39 is 6.10 Å². The molecule has 0 unspecified atom stereocenters. The Morgan fingerprint density at radius 1 is 1.00 bits per heavy atom. The van der Waals surface area contributed by atoms with Crippen LogP contribution in [0.25, 0.3) is 0 Å². The van der Waals surface area contributed by atoms with Crippen molar-refractivity contribution in [1.29, 1.82) is 0 Å². The highest BCUT2D eigenvalue weighted by atomic mass is 79.9. The normalized spacial score (nSPS) is 12.3. The van der Waals surface area contributed by atoms with E-state index in [0.717, 1.165) is 16.6 Å². The van der Waals surface area contributed by atoms with Crippen molar-refractivity contribution in [3.05, 3.63) is 59.7 Å². The topological polar surface area (TPSA) is 44.8 Å². The summed E-state index contributed by atoms with van der Waals surface area (Å²) in [5.41, 5.74) is 2.26. The number of esters is 1. The van der Waals surface area contributed by atoms with Gasteiger partial charge in [0.15, 0.2) is 6.10 Å². The van der Waals surface area contributed by atoms with Gasteiger partial charge in [-0.3, -0.25) is 0 Å². The van der Waals surface area contributed by atoms with Gasteiger partial charge in [0, 0.05) is 11.8 Å². The maximum Gasteiger partial charge on any atom is 0.347 e. The fourth-order valence-electron chi connectivity index (χ4n) is 2.70. The zero-order valence-corrected chi connectivity index (χ0v) is 18.6. The molecule has 5 heteroatoms. The lowest BCUT2D eigenvalue weighted by molar-refractivity contribution is -0.151. The molecule has 0 aliphatic carbocycles. The van der Waals surface area contributed by atoms with Gasteiger partial charge in [-0.05, 0) is 47.7 Å². The van der Waals surface area contributed by atoms with Crippen molar-refractivity contribution in [2.24, 2.45) is 0 Å². The molecule has 0 bridgehead atoms. The Morgan fingerprint density at radius 3 is 2.14 bits per heavy atom. The second-order valence-electron chi connectivity index (χ2n) is 7.52. The Labute approximate surface area is 176 Å². The largest absolute Gasteiger partial charge is 0.493 e. The quantitative estimate of drug-likeness (QED) is 0.385. The van der Waals surface area contributed by atoms with Gasteiger partial charge >= 0.3 is 5.97 Å². The molecule has 2 aromatic carbocycles. The van der Waals surface area contributed by atoms with E-state index in [-0.39, 0.29) is 11.4 Å². The Hall–Kier alpha value is -2.01. The maximum atomic E-state index is 12.4. The van der Waals surface area contributed by atoms with Gasteiger partial charge in [0.1, 0.15) is 11.5 Å². The first-order valence-electron chi connectivity index (χ1n) is 9.55. The molecular formula is C23H29BrO4. The van der Waals surface area contributed by atoms with Crippen LogP contribution in [-0.2, 0) is 21.4 Å². The molecule has 1 atom stereocenters. The molecular weight excluding hydrogens is 420 g/mol. The van der Waals surface area contributed by atoms with Crippen molar-refractivity contribution < 1.29 is 19.0 Å². The molecule has 4 nitrogen and oxygen atoms in total. The third-order valence-corrected chi connectivity index (χ3v) is 4.56. The molecule has 2 rings (SSSR count). The minimum atomic E-state index is -0.699. The van der Waals surface area contributed by atoms with E-state index >= 15 is 0 Å². The van der Waals surface area contributed by atoms with Crippen LogP contribution in [0.4, 0.5) is 0 Å². The van der Waals surface area contributed by atoms with Crippen molar-refractivity contribution in [2.45, 2.75) is 45.6 Å². The Morgan fingerprint density at radius 2 is 1.61 bits per heavy atom. The first-order chi connectivity index (χ1) is 13.3. The number of alkyl halides is 1. The average Bonchev–Trinajstić information content (AvgIpc) is 2.67. The van der Waals surface area contributed by atoms with Crippen LogP contribution in [0, 0.1) is 0 Å². The van der Waals surface area contributed by atoms with Crippen LogP contribution in [0.1, 0.15) is 38.8 Å². The summed E-state index contributed by atoms with van der Waals surface area (Å²) in [6.07, 6.45) is -0.270. The second kappa shape index (κ2) is 10.5. The minimum absolute atomic E-state index is 0.0672. The van der Waals surface area contributed by atoms with Crippen LogP contribution >= 0.6 is 15.9 Å². The molecule has 0 radical (unpaired) electrons. The Bertz CT molecular complexity index is 733. The van der Waals surface area contributed by atoms with Gasteiger partial charge in [0.25, 0.3) is 0 Å². The predicted octanol–water partition coefficient (Wildman–Crippen LogP) is 5.31. The van der Waals surface area contributed by atoms with Gasteiger partial charge in [0.2, 0.25) is 0 Å². The van der Waals surface area contributed by atoms with Gasteiger partial charge in [0.05, 0.1) is 13.2 Å². The number of hydrogen-bond donors (Lipinski definition) is 0. The summed E-state index contributed by atoms with van der Waals surface area (Å²) in [7, 11) is 0. The molecule has 0 saturated heterocycles. The van der Waals surface area contributed by atoms with Crippen molar-refractivity contribution >= 4 is 21.9 Å². The highest BCUT2D eigenvalue weighted by molar-refractivity contribution is 9.09. The van der Waals surface area contributed by atoms with E-state index in [0.29, 0.717) is 25.4 Å². The van der Waals surface area contributed by atoms with Crippen LogP contribution < -0.4 is 9.47 Å². The first-order valence-corrected chi connectivity index (χ1v) is 10.7. The molecule has 0 N–H and O–H groups in total. The number of carbonyl (C=O) groups is 1. The lowest BCUT2D eigenvalue weighted by Gasteiger charge is -2.21. The number of rotatable bonds is 9. The lowest BCUT2D eigenvalue weighted by Crippen LogP contribution is -2.31. The summed E-state index contributed by atoms with van der Waals surface area (Å²) in [5, 5.41) is 0.779. The van der Waals surface area contributed by atoms with Gasteiger partial charge in [-0.15, -0.1) is 0 Å². The van der Waals surface area contributed by atoms with Crippen LogP contribution in [-0.4, -0.2) is 30.6 Å². The number of hydrogen-bond acceptors (Lipinski definition) is 4. The van der Waals surface area contributed by atoms with Crippen molar-refractivity contribution in [1.82, 2.24) is 0 Å². The highest BCUT2D eigenvalue weighted by Crippen LogP contribution is 2.25. The number of benzene rings is 2. The number of carbonyl (C=O) groups excluding carboxylic acids is 1. The lowest BCUT2D eigenvalue weighted by atomic mass is 9.87. The first kappa shape index (κ1) is 22.3. The third-order valence-electron chi connectivity index (χ3n) is 4.24. The standard InChI is InChI=1S/C23H29BrO4/c1-5-26-22(25)21(16-17-6-10-19(11-7-17)27-15-14-24)28-20-12-8-18(9-13-20)23(2,3)4/h6-13,21H,5,14-16H2,1-4H3/t21-/m0/s1. The molecule has 0 saturated carbocycles. The molecule has 152 valence electrons. The van der Waals surface area contributed by atoms with E-state index in [1.54, 1.807) is 6.92 Å². The molecule has 0 fully saturated rings. The molecule has 0 heterocycles. The summed E-state index contributed by atoms with van der Waals surface area (Å²) in [4.78, 5) is 12.4. The molecule has 0 aliphatic rings.